The van der Waals surface area contributed by atoms with E-state index in [0.29, 0.717) is 18.7 Å². The largest absolute Gasteiger partial charge is 0.465 e. The SMILES string of the molecule is CC(OCC(F)(F)F)C1(O)CCC2(CCN(c3ccc(O[C@@H](C)C(F)(F)F)nc3)C2=O)CC1. The van der Waals surface area contributed by atoms with Gasteiger partial charge in [0.25, 0.3) is 0 Å². The summed E-state index contributed by atoms with van der Waals surface area (Å²) in [6.45, 7) is 1.16. The second-order valence-electron chi connectivity index (χ2n) is 8.82. The van der Waals surface area contributed by atoms with Crippen LogP contribution in [-0.4, -0.2) is 59.3 Å². The number of aromatic nitrogens is 1. The van der Waals surface area contributed by atoms with Gasteiger partial charge in [0.2, 0.25) is 11.8 Å². The van der Waals surface area contributed by atoms with Crippen molar-refractivity contribution >= 4 is 11.6 Å². The van der Waals surface area contributed by atoms with Crippen molar-refractivity contribution in [2.75, 3.05) is 18.1 Å². The maximum Gasteiger partial charge on any atom is 0.425 e. The normalized spacial score (nSPS) is 28.3. The number of carbonyl (C=O) groups excluding carboxylic acids is 1. The molecule has 2 heterocycles. The number of anilines is 1. The second-order valence-corrected chi connectivity index (χ2v) is 8.82. The van der Waals surface area contributed by atoms with E-state index in [9.17, 15) is 36.2 Å². The third-order valence-electron chi connectivity index (χ3n) is 6.63. The van der Waals surface area contributed by atoms with E-state index in [4.69, 9.17) is 9.47 Å². The molecule has 1 spiro atoms. The zero-order valence-electron chi connectivity index (χ0n) is 18.2. The average Bonchev–Trinajstić information content (AvgIpc) is 3.04. The zero-order valence-corrected chi connectivity index (χ0v) is 18.2. The van der Waals surface area contributed by atoms with Crippen LogP contribution in [0.1, 0.15) is 46.0 Å². The summed E-state index contributed by atoms with van der Waals surface area (Å²) >= 11 is 0. The van der Waals surface area contributed by atoms with Gasteiger partial charge in [-0.25, -0.2) is 4.98 Å². The van der Waals surface area contributed by atoms with E-state index in [0.717, 1.165) is 6.92 Å². The number of rotatable bonds is 6. The number of nitrogens with zero attached hydrogens (tertiary/aromatic N) is 2. The van der Waals surface area contributed by atoms with Crippen molar-refractivity contribution in [2.24, 2.45) is 5.41 Å². The van der Waals surface area contributed by atoms with E-state index in [2.05, 4.69) is 4.98 Å². The molecule has 0 aromatic carbocycles. The first-order valence-corrected chi connectivity index (χ1v) is 10.6. The summed E-state index contributed by atoms with van der Waals surface area (Å²) in [6.07, 6.45) is -9.54. The van der Waals surface area contributed by atoms with Crippen molar-refractivity contribution in [1.29, 1.82) is 0 Å². The molecule has 186 valence electrons. The quantitative estimate of drug-likeness (QED) is 0.606. The molecule has 1 aromatic heterocycles. The van der Waals surface area contributed by atoms with E-state index in [1.165, 1.54) is 30.2 Å². The molecule has 33 heavy (non-hydrogen) atoms. The maximum atomic E-state index is 13.2. The molecule has 2 aliphatic rings. The molecule has 1 saturated carbocycles. The molecule has 3 rings (SSSR count). The Kier molecular flexibility index (Phi) is 6.92. The number of halogens is 6. The van der Waals surface area contributed by atoms with Crippen LogP contribution in [0.25, 0.3) is 0 Å². The first-order valence-electron chi connectivity index (χ1n) is 10.6. The summed E-state index contributed by atoms with van der Waals surface area (Å²) in [4.78, 5) is 18.5. The molecule has 1 aliphatic carbocycles. The van der Waals surface area contributed by atoms with Gasteiger partial charge in [-0.2, -0.15) is 26.3 Å². The Morgan fingerprint density at radius 3 is 2.24 bits per heavy atom. The maximum absolute atomic E-state index is 13.2. The number of hydrogen-bond acceptors (Lipinski definition) is 5. The summed E-state index contributed by atoms with van der Waals surface area (Å²) in [5, 5.41) is 10.8. The van der Waals surface area contributed by atoms with Gasteiger partial charge in [-0.3, -0.25) is 4.79 Å². The fourth-order valence-corrected chi connectivity index (χ4v) is 4.32. The topological polar surface area (TPSA) is 71.9 Å². The van der Waals surface area contributed by atoms with Gasteiger partial charge in [0.1, 0.15) is 6.61 Å². The van der Waals surface area contributed by atoms with Gasteiger partial charge in [-0.15, -0.1) is 0 Å². The molecule has 1 N–H and O–H groups in total. The summed E-state index contributed by atoms with van der Waals surface area (Å²) in [7, 11) is 0. The van der Waals surface area contributed by atoms with Gasteiger partial charge in [-0.1, -0.05) is 0 Å². The Balaban J connectivity index is 1.61. The highest BCUT2D eigenvalue weighted by molar-refractivity contribution is 5.99. The Morgan fingerprint density at radius 1 is 1.09 bits per heavy atom. The smallest absolute Gasteiger partial charge is 0.425 e. The third-order valence-corrected chi connectivity index (χ3v) is 6.63. The highest BCUT2D eigenvalue weighted by Gasteiger charge is 2.53. The van der Waals surface area contributed by atoms with Gasteiger partial charge < -0.3 is 19.5 Å². The van der Waals surface area contributed by atoms with Crippen LogP contribution in [0, 0.1) is 5.41 Å². The van der Waals surface area contributed by atoms with Crippen molar-refractivity contribution in [3.8, 4) is 5.88 Å². The molecule has 1 saturated heterocycles. The molecule has 1 aliphatic heterocycles. The number of carbonyl (C=O) groups is 1. The molecule has 2 fully saturated rings. The summed E-state index contributed by atoms with van der Waals surface area (Å²) < 4.78 is 84.8. The van der Waals surface area contributed by atoms with Crippen LogP contribution >= 0.6 is 0 Å². The molecule has 0 radical (unpaired) electrons. The first-order chi connectivity index (χ1) is 15.2. The Bertz CT molecular complexity index is 835. The lowest BCUT2D eigenvalue weighted by atomic mass is 9.66. The lowest BCUT2D eigenvalue weighted by molar-refractivity contribution is -0.212. The van der Waals surface area contributed by atoms with Crippen molar-refractivity contribution in [2.45, 2.75) is 76.1 Å². The minimum Gasteiger partial charge on any atom is -0.465 e. The van der Waals surface area contributed by atoms with Crippen LogP contribution in [-0.2, 0) is 9.53 Å². The van der Waals surface area contributed by atoms with Gasteiger partial charge in [-0.05, 0) is 52.0 Å². The predicted octanol–water partition coefficient (Wildman–Crippen LogP) is 4.41. The van der Waals surface area contributed by atoms with E-state index < -0.39 is 42.2 Å². The summed E-state index contributed by atoms with van der Waals surface area (Å²) in [5.41, 5.74) is -1.80. The van der Waals surface area contributed by atoms with Gasteiger partial charge >= 0.3 is 12.4 Å². The summed E-state index contributed by atoms with van der Waals surface area (Å²) in [6, 6.07) is 2.71. The number of pyridine rings is 1. The van der Waals surface area contributed by atoms with Gasteiger partial charge in [0.05, 0.1) is 29.0 Å². The van der Waals surface area contributed by atoms with Crippen molar-refractivity contribution < 1.29 is 45.7 Å². The van der Waals surface area contributed by atoms with E-state index in [1.54, 1.807) is 0 Å². The minimum atomic E-state index is -4.53. The van der Waals surface area contributed by atoms with Crippen molar-refractivity contribution in [3.63, 3.8) is 0 Å². The van der Waals surface area contributed by atoms with Crippen LogP contribution in [0.2, 0.25) is 0 Å². The Morgan fingerprint density at radius 2 is 1.73 bits per heavy atom. The van der Waals surface area contributed by atoms with Crippen LogP contribution < -0.4 is 9.64 Å². The van der Waals surface area contributed by atoms with Gasteiger partial charge in [0.15, 0.2) is 6.10 Å². The summed E-state index contributed by atoms with van der Waals surface area (Å²) in [5.74, 6) is -0.423. The molecule has 12 heteroatoms. The first kappa shape index (κ1) is 25.5. The molecule has 1 amide bonds. The lowest BCUT2D eigenvalue weighted by Gasteiger charge is -2.43. The molecular formula is C21H26F6N2O4. The van der Waals surface area contributed by atoms with E-state index >= 15 is 0 Å². The Labute approximate surface area is 186 Å². The van der Waals surface area contributed by atoms with E-state index in [-0.39, 0.29) is 37.5 Å². The van der Waals surface area contributed by atoms with Crippen LogP contribution in [0.5, 0.6) is 5.88 Å². The number of alkyl halides is 6. The van der Waals surface area contributed by atoms with Crippen LogP contribution in [0.3, 0.4) is 0 Å². The predicted molar refractivity (Wildman–Crippen MR) is 105 cm³/mol. The average molecular weight is 484 g/mol. The molecule has 6 nitrogen and oxygen atoms in total. The fraction of sp³-hybridized carbons (Fsp3) is 0.714. The highest BCUT2D eigenvalue weighted by atomic mass is 19.4. The minimum absolute atomic E-state index is 0.117. The molecular weight excluding hydrogens is 458 g/mol. The van der Waals surface area contributed by atoms with Crippen LogP contribution in [0.4, 0.5) is 32.0 Å². The number of hydrogen-bond donors (Lipinski definition) is 1. The van der Waals surface area contributed by atoms with Crippen molar-refractivity contribution in [3.05, 3.63) is 18.3 Å². The monoisotopic (exact) mass is 484 g/mol. The number of aliphatic hydroxyl groups is 1. The lowest BCUT2D eigenvalue weighted by Crippen LogP contribution is -2.50. The third kappa shape index (κ3) is 5.71. The molecule has 2 atom stereocenters. The van der Waals surface area contributed by atoms with E-state index in [1.807, 2.05) is 0 Å². The fourth-order valence-electron chi connectivity index (χ4n) is 4.32. The van der Waals surface area contributed by atoms with Crippen LogP contribution in [0.15, 0.2) is 18.3 Å². The second kappa shape index (κ2) is 8.94. The molecule has 1 aromatic rings. The zero-order chi connectivity index (χ0) is 24.7. The molecule has 1 unspecified atom stereocenters. The molecule has 0 bridgehead atoms. The Hall–Kier alpha value is -2.08. The van der Waals surface area contributed by atoms with Crippen molar-refractivity contribution in [1.82, 2.24) is 4.98 Å². The highest BCUT2D eigenvalue weighted by Crippen LogP contribution is 2.49. The number of amides is 1. The standard InChI is InChI=1S/C21H26F6N2O4/c1-13(32-12-20(22,23)24)19(31)7-5-18(6-8-19)9-10-29(17(18)30)15-3-4-16(28-11-15)33-14(2)21(25,26)27/h3-4,11,13-14,31H,5-10,12H2,1-2H3/t13?,14-,18?,19?/m0/s1. The van der Waals surface area contributed by atoms with Gasteiger partial charge in [0, 0.05) is 12.6 Å². The number of ether oxygens (including phenoxy) is 2.